The van der Waals surface area contributed by atoms with Crippen molar-refractivity contribution in [3.8, 4) is 5.75 Å². The summed E-state index contributed by atoms with van der Waals surface area (Å²) in [6, 6.07) is 15.6. The normalized spacial score (nSPS) is 17.7. The second-order valence-corrected chi connectivity index (χ2v) is 8.53. The number of aryl methyl sites for hydroxylation is 1. The number of hydrogen-bond acceptors (Lipinski definition) is 5. The second-order valence-electron chi connectivity index (χ2n) is 8.53. The van der Waals surface area contributed by atoms with E-state index in [0.29, 0.717) is 17.1 Å². The van der Waals surface area contributed by atoms with Gasteiger partial charge in [0.1, 0.15) is 17.3 Å². The average Bonchev–Trinajstić information content (AvgIpc) is 3.40. The van der Waals surface area contributed by atoms with Crippen LogP contribution in [-0.4, -0.2) is 28.8 Å². The van der Waals surface area contributed by atoms with Gasteiger partial charge in [-0.15, -0.1) is 0 Å². The number of carbonyl (C=O) groups is 2. The van der Waals surface area contributed by atoms with Crippen molar-refractivity contribution < 1.29 is 23.8 Å². The standard InChI is InChI=1S/C27H27NO5/c1-16(2)21-14-19(10-11-22(21)32-4)25(29)23-24(18-8-5-7-17(3)13-18)28(27(31)26(23)30)15-20-9-6-12-33-20/h5-14,16,24,29H,15H2,1-4H3/b25-23-. The summed E-state index contributed by atoms with van der Waals surface area (Å²) in [6.45, 7) is 6.11. The lowest BCUT2D eigenvalue weighted by atomic mass is 9.92. The molecule has 6 nitrogen and oxygen atoms in total. The van der Waals surface area contributed by atoms with Gasteiger partial charge in [0.2, 0.25) is 0 Å². The number of rotatable bonds is 6. The minimum Gasteiger partial charge on any atom is -0.507 e. The lowest BCUT2D eigenvalue weighted by molar-refractivity contribution is -0.140. The fourth-order valence-electron chi connectivity index (χ4n) is 4.29. The summed E-state index contributed by atoms with van der Waals surface area (Å²) in [4.78, 5) is 27.7. The van der Waals surface area contributed by atoms with E-state index in [-0.39, 0.29) is 23.8 Å². The number of amides is 1. The van der Waals surface area contributed by atoms with E-state index in [4.69, 9.17) is 9.15 Å². The molecule has 2 aromatic carbocycles. The van der Waals surface area contributed by atoms with E-state index < -0.39 is 17.7 Å². The molecule has 1 fully saturated rings. The molecular weight excluding hydrogens is 418 g/mol. The van der Waals surface area contributed by atoms with Crippen LogP contribution in [0.3, 0.4) is 0 Å². The van der Waals surface area contributed by atoms with Crippen molar-refractivity contribution in [2.75, 3.05) is 7.11 Å². The largest absolute Gasteiger partial charge is 0.507 e. The van der Waals surface area contributed by atoms with Crippen LogP contribution in [0.4, 0.5) is 0 Å². The maximum Gasteiger partial charge on any atom is 0.296 e. The summed E-state index contributed by atoms with van der Waals surface area (Å²) < 4.78 is 10.9. The molecule has 0 aliphatic carbocycles. The lowest BCUT2D eigenvalue weighted by Crippen LogP contribution is -2.29. The van der Waals surface area contributed by atoms with Crippen LogP contribution in [0.2, 0.25) is 0 Å². The Hall–Kier alpha value is -3.80. The van der Waals surface area contributed by atoms with Crippen LogP contribution in [0.15, 0.2) is 70.9 Å². The van der Waals surface area contributed by atoms with Crippen LogP contribution < -0.4 is 4.74 Å². The second kappa shape index (κ2) is 8.98. The van der Waals surface area contributed by atoms with E-state index in [1.165, 1.54) is 11.2 Å². The number of Topliss-reactive ketones (excluding diaryl/α,β-unsaturated/α-hetero) is 1. The third kappa shape index (κ3) is 4.16. The van der Waals surface area contributed by atoms with Crippen molar-refractivity contribution >= 4 is 17.4 Å². The summed E-state index contributed by atoms with van der Waals surface area (Å²) in [5.74, 6) is -0.186. The van der Waals surface area contributed by atoms with Crippen molar-refractivity contribution in [1.82, 2.24) is 4.90 Å². The molecular formula is C27H27NO5. The highest BCUT2D eigenvalue weighted by atomic mass is 16.5. The Labute approximate surface area is 193 Å². The Bertz CT molecular complexity index is 1220. The first kappa shape index (κ1) is 22.4. The Morgan fingerprint density at radius 1 is 1.12 bits per heavy atom. The van der Waals surface area contributed by atoms with Gasteiger partial charge in [0.05, 0.1) is 31.5 Å². The highest BCUT2D eigenvalue weighted by Crippen LogP contribution is 2.41. The summed E-state index contributed by atoms with van der Waals surface area (Å²) in [5, 5.41) is 11.3. The van der Waals surface area contributed by atoms with Crippen LogP contribution in [0.5, 0.6) is 5.75 Å². The number of aliphatic hydroxyl groups is 1. The average molecular weight is 446 g/mol. The molecule has 1 unspecified atom stereocenters. The quantitative estimate of drug-likeness (QED) is 0.315. The number of methoxy groups -OCH3 is 1. The van der Waals surface area contributed by atoms with Gasteiger partial charge in [0, 0.05) is 5.56 Å². The molecule has 0 radical (unpaired) electrons. The number of carbonyl (C=O) groups excluding carboxylic acids is 2. The zero-order valence-electron chi connectivity index (χ0n) is 19.2. The molecule has 1 atom stereocenters. The predicted molar refractivity (Wildman–Crippen MR) is 125 cm³/mol. The monoisotopic (exact) mass is 445 g/mol. The maximum absolute atomic E-state index is 13.2. The van der Waals surface area contributed by atoms with E-state index in [1.54, 1.807) is 31.4 Å². The van der Waals surface area contributed by atoms with E-state index in [1.807, 2.05) is 51.1 Å². The molecule has 1 aromatic heterocycles. The number of ketones is 1. The first-order chi connectivity index (χ1) is 15.8. The summed E-state index contributed by atoms with van der Waals surface area (Å²) in [5.41, 5.74) is 3.17. The van der Waals surface area contributed by atoms with Gasteiger partial charge in [-0.1, -0.05) is 43.7 Å². The molecule has 6 heteroatoms. The number of furan rings is 1. The van der Waals surface area contributed by atoms with Gasteiger partial charge in [0.15, 0.2) is 0 Å². The van der Waals surface area contributed by atoms with Gasteiger partial charge in [-0.25, -0.2) is 0 Å². The Morgan fingerprint density at radius 3 is 2.55 bits per heavy atom. The van der Waals surface area contributed by atoms with E-state index in [2.05, 4.69) is 0 Å². The molecule has 33 heavy (non-hydrogen) atoms. The number of benzene rings is 2. The maximum atomic E-state index is 13.2. The van der Waals surface area contributed by atoms with Gasteiger partial charge in [-0.05, 0) is 54.3 Å². The van der Waals surface area contributed by atoms with Crippen LogP contribution in [0.1, 0.15) is 53.8 Å². The van der Waals surface area contributed by atoms with Crippen molar-refractivity contribution in [3.63, 3.8) is 0 Å². The van der Waals surface area contributed by atoms with Gasteiger partial charge >= 0.3 is 0 Å². The molecule has 1 amide bonds. The number of likely N-dealkylation sites (tertiary alicyclic amines) is 1. The van der Waals surface area contributed by atoms with E-state index in [0.717, 1.165) is 16.7 Å². The zero-order chi connectivity index (χ0) is 23.7. The van der Waals surface area contributed by atoms with Crippen molar-refractivity contribution in [2.45, 2.75) is 39.3 Å². The van der Waals surface area contributed by atoms with Crippen LogP contribution in [-0.2, 0) is 16.1 Å². The Morgan fingerprint density at radius 2 is 1.91 bits per heavy atom. The van der Waals surface area contributed by atoms with Crippen molar-refractivity contribution in [1.29, 1.82) is 0 Å². The van der Waals surface area contributed by atoms with E-state index >= 15 is 0 Å². The van der Waals surface area contributed by atoms with Crippen LogP contribution in [0.25, 0.3) is 5.76 Å². The summed E-state index contributed by atoms with van der Waals surface area (Å²) in [7, 11) is 1.60. The number of aliphatic hydroxyl groups excluding tert-OH is 1. The predicted octanol–water partition coefficient (Wildman–Crippen LogP) is 5.34. The SMILES string of the molecule is COc1ccc(/C(O)=C2/C(=O)C(=O)N(Cc3ccco3)C2c2cccc(C)c2)cc1C(C)C. The van der Waals surface area contributed by atoms with Crippen LogP contribution >= 0.6 is 0 Å². The minimum atomic E-state index is -0.736. The Kier molecular flexibility index (Phi) is 6.09. The Balaban J connectivity index is 1.89. The molecule has 1 aliphatic rings. The van der Waals surface area contributed by atoms with Gasteiger partial charge in [-0.2, -0.15) is 0 Å². The topological polar surface area (TPSA) is 80.0 Å². The molecule has 0 bridgehead atoms. The molecule has 0 spiro atoms. The smallest absolute Gasteiger partial charge is 0.296 e. The molecule has 1 saturated heterocycles. The van der Waals surface area contributed by atoms with Crippen molar-refractivity contribution in [2.24, 2.45) is 0 Å². The summed E-state index contributed by atoms with van der Waals surface area (Å²) >= 11 is 0. The third-order valence-corrected chi connectivity index (χ3v) is 5.93. The van der Waals surface area contributed by atoms with Gasteiger partial charge in [0.25, 0.3) is 11.7 Å². The van der Waals surface area contributed by atoms with Crippen LogP contribution in [0, 0.1) is 6.92 Å². The number of nitrogens with zero attached hydrogens (tertiary/aromatic N) is 1. The number of ether oxygens (including phenoxy) is 1. The molecule has 1 N–H and O–H groups in total. The van der Waals surface area contributed by atoms with Gasteiger partial charge in [-0.3, -0.25) is 9.59 Å². The third-order valence-electron chi connectivity index (χ3n) is 5.93. The molecule has 1 aliphatic heterocycles. The highest BCUT2D eigenvalue weighted by molar-refractivity contribution is 6.46. The van der Waals surface area contributed by atoms with Crippen molar-refractivity contribution in [3.05, 3.63) is 94.4 Å². The fraction of sp³-hybridized carbons (Fsp3) is 0.259. The lowest BCUT2D eigenvalue weighted by Gasteiger charge is -2.25. The van der Waals surface area contributed by atoms with Gasteiger partial charge < -0.3 is 19.2 Å². The molecule has 0 saturated carbocycles. The minimum absolute atomic E-state index is 0.0667. The molecule has 2 heterocycles. The van der Waals surface area contributed by atoms with E-state index in [9.17, 15) is 14.7 Å². The zero-order valence-corrected chi connectivity index (χ0v) is 19.2. The summed E-state index contributed by atoms with van der Waals surface area (Å²) in [6.07, 6.45) is 1.53. The molecule has 3 aromatic rings. The highest BCUT2D eigenvalue weighted by Gasteiger charge is 2.46. The first-order valence-electron chi connectivity index (χ1n) is 10.9. The molecule has 4 rings (SSSR count). The first-order valence-corrected chi connectivity index (χ1v) is 10.9. The fourth-order valence-corrected chi connectivity index (χ4v) is 4.29. The number of hydrogen-bond donors (Lipinski definition) is 1. The molecule has 170 valence electrons.